The van der Waals surface area contributed by atoms with Crippen molar-refractivity contribution in [1.29, 1.82) is 0 Å². The molecule has 1 aliphatic heterocycles. The van der Waals surface area contributed by atoms with Crippen LogP contribution in [0.25, 0.3) is 10.7 Å². The van der Waals surface area contributed by atoms with E-state index in [4.69, 9.17) is 4.74 Å². The lowest BCUT2D eigenvalue weighted by molar-refractivity contribution is -0.117. The summed E-state index contributed by atoms with van der Waals surface area (Å²) in [4.78, 5) is 35.1. The molecule has 6 nitrogen and oxygen atoms in total. The number of pyridine rings is 1. The van der Waals surface area contributed by atoms with Crippen LogP contribution in [0.5, 0.6) is 0 Å². The van der Waals surface area contributed by atoms with Crippen molar-refractivity contribution in [2.45, 2.75) is 12.8 Å². The number of thiazole rings is 1. The third kappa shape index (κ3) is 3.46. The number of fused-ring (bicyclic) bond motifs is 1. The van der Waals surface area contributed by atoms with Gasteiger partial charge in [-0.1, -0.05) is 6.07 Å². The van der Waals surface area contributed by atoms with E-state index >= 15 is 0 Å². The highest BCUT2D eigenvalue weighted by Crippen LogP contribution is 2.30. The molecule has 0 radical (unpaired) electrons. The number of carbonyl (C=O) groups is 2. The number of hydrogen-bond acceptors (Lipinski definition) is 6. The van der Waals surface area contributed by atoms with Crippen LogP contribution >= 0.6 is 11.3 Å². The molecular formula is C20H17N3O3S. The predicted octanol–water partition coefficient (Wildman–Crippen LogP) is 3.12. The van der Waals surface area contributed by atoms with Gasteiger partial charge in [0.15, 0.2) is 0 Å². The molecule has 0 fully saturated rings. The van der Waals surface area contributed by atoms with Crippen LogP contribution in [0.1, 0.15) is 21.6 Å². The molecule has 7 heteroatoms. The van der Waals surface area contributed by atoms with Crippen LogP contribution < -0.4 is 4.90 Å². The van der Waals surface area contributed by atoms with Crippen molar-refractivity contribution >= 4 is 28.9 Å². The van der Waals surface area contributed by atoms with Crippen molar-refractivity contribution in [2.24, 2.45) is 0 Å². The first-order valence-corrected chi connectivity index (χ1v) is 9.41. The highest BCUT2D eigenvalue weighted by Gasteiger charge is 2.26. The van der Waals surface area contributed by atoms with E-state index in [0.29, 0.717) is 12.1 Å². The molecule has 4 rings (SSSR count). The second-order valence-electron chi connectivity index (χ2n) is 6.17. The molecule has 0 unspecified atom stereocenters. The Morgan fingerprint density at radius 2 is 2.15 bits per heavy atom. The van der Waals surface area contributed by atoms with Gasteiger partial charge < -0.3 is 9.64 Å². The number of benzene rings is 1. The zero-order chi connectivity index (χ0) is 18.8. The van der Waals surface area contributed by atoms with Gasteiger partial charge in [-0.15, -0.1) is 11.3 Å². The van der Waals surface area contributed by atoms with E-state index in [1.54, 1.807) is 23.2 Å². The Balaban J connectivity index is 1.49. The molecule has 0 N–H and O–H groups in total. The van der Waals surface area contributed by atoms with Crippen molar-refractivity contribution in [3.05, 3.63) is 64.8 Å². The fraction of sp³-hybridized carbons (Fsp3) is 0.200. The molecule has 1 aliphatic rings. The number of carbonyl (C=O) groups excluding carboxylic acids is 2. The normalized spacial score (nSPS) is 12.7. The third-order valence-electron chi connectivity index (χ3n) is 4.47. The quantitative estimate of drug-likeness (QED) is 0.651. The summed E-state index contributed by atoms with van der Waals surface area (Å²) >= 11 is 1.48. The molecular weight excluding hydrogens is 362 g/mol. The topological polar surface area (TPSA) is 72.4 Å². The number of amides is 1. The predicted molar refractivity (Wildman–Crippen MR) is 103 cm³/mol. The van der Waals surface area contributed by atoms with Gasteiger partial charge in [0.2, 0.25) is 5.91 Å². The molecule has 3 heterocycles. The lowest BCUT2D eigenvalue weighted by atomic mass is 10.1. The number of anilines is 1. The van der Waals surface area contributed by atoms with E-state index in [1.807, 2.05) is 29.6 Å². The summed E-state index contributed by atoms with van der Waals surface area (Å²) in [7, 11) is 1.36. The van der Waals surface area contributed by atoms with Crippen molar-refractivity contribution in [3.63, 3.8) is 0 Å². The average molecular weight is 379 g/mol. The number of aromatic nitrogens is 2. The summed E-state index contributed by atoms with van der Waals surface area (Å²) in [6.45, 7) is 0.607. The number of ether oxygens (including phenoxy) is 1. The summed E-state index contributed by atoms with van der Waals surface area (Å²) in [5.74, 6) is -0.371. The second kappa shape index (κ2) is 7.28. The van der Waals surface area contributed by atoms with E-state index in [1.165, 1.54) is 18.4 Å². The Kier molecular flexibility index (Phi) is 4.68. The van der Waals surface area contributed by atoms with Crippen LogP contribution in [0.15, 0.2) is 48.0 Å². The minimum absolute atomic E-state index is 0.00237. The van der Waals surface area contributed by atoms with E-state index in [0.717, 1.165) is 34.1 Å². The van der Waals surface area contributed by atoms with Crippen molar-refractivity contribution in [1.82, 2.24) is 9.97 Å². The van der Waals surface area contributed by atoms with Gasteiger partial charge in [-0.3, -0.25) is 9.78 Å². The van der Waals surface area contributed by atoms with Crippen LogP contribution in [0.4, 0.5) is 5.69 Å². The molecule has 27 heavy (non-hydrogen) atoms. The van der Waals surface area contributed by atoms with E-state index < -0.39 is 0 Å². The van der Waals surface area contributed by atoms with E-state index in [-0.39, 0.29) is 18.3 Å². The largest absolute Gasteiger partial charge is 0.465 e. The summed E-state index contributed by atoms with van der Waals surface area (Å²) < 4.78 is 4.76. The monoisotopic (exact) mass is 379 g/mol. The van der Waals surface area contributed by atoms with Crippen LogP contribution in [0.3, 0.4) is 0 Å². The number of hydrogen-bond donors (Lipinski definition) is 0. The highest BCUT2D eigenvalue weighted by molar-refractivity contribution is 7.13. The molecule has 1 amide bonds. The van der Waals surface area contributed by atoms with Crippen molar-refractivity contribution in [2.75, 3.05) is 18.6 Å². The van der Waals surface area contributed by atoms with Gasteiger partial charge in [-0.2, -0.15) is 0 Å². The maximum absolute atomic E-state index is 12.8. The fourth-order valence-electron chi connectivity index (χ4n) is 3.15. The average Bonchev–Trinajstić information content (AvgIpc) is 3.34. The summed E-state index contributed by atoms with van der Waals surface area (Å²) in [6.07, 6.45) is 2.69. The van der Waals surface area contributed by atoms with Gasteiger partial charge in [0.1, 0.15) is 5.01 Å². The first kappa shape index (κ1) is 17.4. The fourth-order valence-corrected chi connectivity index (χ4v) is 3.95. The summed E-state index contributed by atoms with van der Waals surface area (Å²) in [6, 6.07) is 11.0. The Bertz CT molecular complexity index is 1000. The molecule has 0 spiro atoms. The number of methoxy groups -OCH3 is 1. The summed E-state index contributed by atoms with van der Waals surface area (Å²) in [5.41, 5.74) is 3.89. The van der Waals surface area contributed by atoms with Crippen LogP contribution in [-0.4, -0.2) is 35.5 Å². The zero-order valence-electron chi connectivity index (χ0n) is 14.7. The number of nitrogens with zero attached hydrogens (tertiary/aromatic N) is 3. The van der Waals surface area contributed by atoms with Crippen LogP contribution in [-0.2, 0) is 22.4 Å². The van der Waals surface area contributed by atoms with Crippen LogP contribution in [0, 0.1) is 0 Å². The minimum atomic E-state index is -0.368. The molecule has 2 aromatic heterocycles. The summed E-state index contributed by atoms with van der Waals surface area (Å²) in [5, 5.41) is 2.71. The Morgan fingerprint density at radius 1 is 1.26 bits per heavy atom. The Labute approximate surface area is 160 Å². The van der Waals surface area contributed by atoms with E-state index in [9.17, 15) is 9.59 Å². The Morgan fingerprint density at radius 3 is 2.93 bits per heavy atom. The van der Waals surface area contributed by atoms with Crippen molar-refractivity contribution < 1.29 is 14.3 Å². The lowest BCUT2D eigenvalue weighted by Crippen LogP contribution is -2.30. The lowest BCUT2D eigenvalue weighted by Gasteiger charge is -2.17. The molecule has 136 valence electrons. The molecule has 0 aliphatic carbocycles. The third-order valence-corrected chi connectivity index (χ3v) is 5.38. The second-order valence-corrected chi connectivity index (χ2v) is 7.02. The number of rotatable bonds is 4. The standard InChI is InChI=1S/C20H17N3O3S/c1-26-20(25)14-5-6-17-13(10-14)7-9-23(17)18(24)11-15-12-27-19(22-15)16-4-2-3-8-21-16/h2-6,8,10,12H,7,9,11H2,1H3. The first-order chi connectivity index (χ1) is 13.2. The van der Waals surface area contributed by atoms with Gasteiger partial charge in [0.05, 0.1) is 30.5 Å². The maximum Gasteiger partial charge on any atom is 0.337 e. The first-order valence-electron chi connectivity index (χ1n) is 8.53. The molecule has 0 bridgehead atoms. The van der Waals surface area contributed by atoms with Gasteiger partial charge in [0.25, 0.3) is 0 Å². The molecule has 3 aromatic rings. The molecule has 0 atom stereocenters. The zero-order valence-corrected chi connectivity index (χ0v) is 15.5. The van der Waals surface area contributed by atoms with Gasteiger partial charge in [-0.25, -0.2) is 9.78 Å². The maximum atomic E-state index is 12.8. The minimum Gasteiger partial charge on any atom is -0.465 e. The van der Waals surface area contributed by atoms with E-state index in [2.05, 4.69) is 9.97 Å². The van der Waals surface area contributed by atoms with Gasteiger partial charge in [-0.05, 0) is 42.3 Å². The Hall–Kier alpha value is -3.06. The van der Waals surface area contributed by atoms with Crippen molar-refractivity contribution in [3.8, 4) is 10.7 Å². The molecule has 1 aromatic carbocycles. The van der Waals surface area contributed by atoms with Gasteiger partial charge >= 0.3 is 5.97 Å². The highest BCUT2D eigenvalue weighted by atomic mass is 32.1. The van der Waals surface area contributed by atoms with Crippen LogP contribution in [0.2, 0.25) is 0 Å². The smallest absolute Gasteiger partial charge is 0.337 e. The number of esters is 1. The molecule has 0 saturated heterocycles. The SMILES string of the molecule is COC(=O)c1ccc2c(c1)CCN2C(=O)Cc1csc(-c2ccccn2)n1. The van der Waals surface area contributed by atoms with Gasteiger partial charge in [0, 0.05) is 23.8 Å². The molecule has 0 saturated carbocycles.